The lowest BCUT2D eigenvalue weighted by Crippen LogP contribution is -2.49. The van der Waals surface area contributed by atoms with E-state index in [-0.39, 0.29) is 17.5 Å². The molecule has 2 amide bonds. The van der Waals surface area contributed by atoms with E-state index in [0.717, 1.165) is 17.7 Å². The van der Waals surface area contributed by atoms with Crippen LogP contribution in [0.15, 0.2) is 97.1 Å². The number of hydrogen-bond acceptors (Lipinski definition) is 4. The van der Waals surface area contributed by atoms with Gasteiger partial charge in [0.15, 0.2) is 5.69 Å². The third kappa shape index (κ3) is 5.24. The van der Waals surface area contributed by atoms with Crippen molar-refractivity contribution in [2.75, 3.05) is 6.54 Å². The van der Waals surface area contributed by atoms with Crippen molar-refractivity contribution in [1.82, 2.24) is 20.0 Å². The maximum absolute atomic E-state index is 13.3. The standard InChI is InChI=1S/C31H32N4O3/c1-23(31(38,25-14-7-3-8-15-25)26-16-9-4-10-17-26)32-30(37)28-21-27-22-34(18-11-19-35(27)33-28)29(36)20-24-12-5-2-6-13-24/h2-10,12-17,21,23,38H,11,18-20,22H2,1H3,(H,32,37)/t23-/m0/s1. The number of aryl methyl sites for hydroxylation is 1. The molecule has 0 unspecified atom stereocenters. The van der Waals surface area contributed by atoms with Gasteiger partial charge in [0.25, 0.3) is 5.91 Å². The summed E-state index contributed by atoms with van der Waals surface area (Å²) in [4.78, 5) is 28.2. The maximum atomic E-state index is 13.3. The number of amides is 2. The van der Waals surface area contributed by atoms with Gasteiger partial charge in [0, 0.05) is 13.1 Å². The first-order chi connectivity index (χ1) is 18.4. The van der Waals surface area contributed by atoms with Gasteiger partial charge in [-0.05, 0) is 36.1 Å². The van der Waals surface area contributed by atoms with Gasteiger partial charge in [-0.2, -0.15) is 5.10 Å². The summed E-state index contributed by atoms with van der Waals surface area (Å²) in [5.74, 6) is -0.313. The van der Waals surface area contributed by atoms with Crippen LogP contribution in [-0.2, 0) is 29.9 Å². The molecule has 0 radical (unpaired) electrons. The van der Waals surface area contributed by atoms with Gasteiger partial charge in [0.2, 0.25) is 5.91 Å². The summed E-state index contributed by atoms with van der Waals surface area (Å²) in [7, 11) is 0. The first kappa shape index (κ1) is 25.4. The second-order valence-electron chi connectivity index (χ2n) is 9.77. The van der Waals surface area contributed by atoms with E-state index >= 15 is 0 Å². The highest BCUT2D eigenvalue weighted by Gasteiger charge is 2.39. The van der Waals surface area contributed by atoms with Gasteiger partial charge in [-0.1, -0.05) is 91.0 Å². The van der Waals surface area contributed by atoms with E-state index in [9.17, 15) is 14.7 Å². The Kier molecular flexibility index (Phi) is 7.38. The van der Waals surface area contributed by atoms with Gasteiger partial charge in [-0.15, -0.1) is 0 Å². The van der Waals surface area contributed by atoms with Crippen LogP contribution < -0.4 is 5.32 Å². The number of fused-ring (bicyclic) bond motifs is 1. The van der Waals surface area contributed by atoms with E-state index in [1.54, 1.807) is 13.0 Å². The molecule has 1 aliphatic heterocycles. The average Bonchev–Trinajstić information content (AvgIpc) is 3.25. The largest absolute Gasteiger partial charge is 0.378 e. The molecule has 1 atom stereocenters. The number of nitrogens with zero attached hydrogens (tertiary/aromatic N) is 3. The average molecular weight is 509 g/mol. The first-order valence-corrected chi connectivity index (χ1v) is 13.0. The Morgan fingerprint density at radius 1 is 0.921 bits per heavy atom. The number of carbonyl (C=O) groups is 2. The van der Waals surface area contributed by atoms with Gasteiger partial charge in [-0.25, -0.2) is 0 Å². The van der Waals surface area contributed by atoms with Crippen molar-refractivity contribution < 1.29 is 14.7 Å². The van der Waals surface area contributed by atoms with Crippen LogP contribution in [0.5, 0.6) is 0 Å². The van der Waals surface area contributed by atoms with Crippen LogP contribution in [0.3, 0.4) is 0 Å². The van der Waals surface area contributed by atoms with Crippen molar-refractivity contribution >= 4 is 11.8 Å². The van der Waals surface area contributed by atoms with E-state index < -0.39 is 11.6 Å². The molecule has 1 aliphatic rings. The molecule has 194 valence electrons. The van der Waals surface area contributed by atoms with E-state index in [4.69, 9.17) is 0 Å². The molecule has 5 rings (SSSR count). The Morgan fingerprint density at radius 3 is 2.11 bits per heavy atom. The van der Waals surface area contributed by atoms with Crippen LogP contribution in [0.2, 0.25) is 0 Å². The van der Waals surface area contributed by atoms with Crippen molar-refractivity contribution in [2.24, 2.45) is 0 Å². The van der Waals surface area contributed by atoms with Crippen molar-refractivity contribution in [3.05, 3.63) is 125 Å². The Morgan fingerprint density at radius 2 is 1.50 bits per heavy atom. The number of hydrogen-bond donors (Lipinski definition) is 2. The van der Waals surface area contributed by atoms with E-state index in [2.05, 4.69) is 10.4 Å². The van der Waals surface area contributed by atoms with Gasteiger partial charge >= 0.3 is 0 Å². The van der Waals surface area contributed by atoms with Crippen LogP contribution in [0.1, 0.15) is 46.2 Å². The summed E-state index contributed by atoms with van der Waals surface area (Å²) in [6.45, 7) is 3.47. The number of aromatic nitrogens is 2. The summed E-state index contributed by atoms with van der Waals surface area (Å²) in [5, 5.41) is 19.5. The quantitative estimate of drug-likeness (QED) is 0.396. The molecule has 7 heteroatoms. The molecular weight excluding hydrogens is 476 g/mol. The molecule has 1 aromatic heterocycles. The van der Waals surface area contributed by atoms with Crippen LogP contribution in [0.25, 0.3) is 0 Å². The normalized spacial score (nSPS) is 14.3. The maximum Gasteiger partial charge on any atom is 0.272 e. The van der Waals surface area contributed by atoms with Crippen molar-refractivity contribution in [3.8, 4) is 0 Å². The van der Waals surface area contributed by atoms with Crippen LogP contribution in [0, 0.1) is 0 Å². The smallest absolute Gasteiger partial charge is 0.272 e. The number of rotatable bonds is 7. The van der Waals surface area contributed by atoms with Crippen LogP contribution in [0.4, 0.5) is 0 Å². The highest BCUT2D eigenvalue weighted by Crippen LogP contribution is 2.33. The van der Waals surface area contributed by atoms with Crippen LogP contribution >= 0.6 is 0 Å². The molecular formula is C31H32N4O3. The van der Waals surface area contributed by atoms with Crippen molar-refractivity contribution in [2.45, 2.75) is 44.5 Å². The van der Waals surface area contributed by atoms with E-state index in [1.807, 2.05) is 101 Å². The monoisotopic (exact) mass is 508 g/mol. The SMILES string of the molecule is C[C@H](NC(=O)c1cc2n(n1)CCCN(C(=O)Cc1ccccc1)C2)C(O)(c1ccccc1)c1ccccc1. The van der Waals surface area contributed by atoms with Crippen molar-refractivity contribution in [3.63, 3.8) is 0 Å². The molecule has 3 aromatic carbocycles. The minimum atomic E-state index is -1.43. The predicted molar refractivity (Wildman–Crippen MR) is 145 cm³/mol. The molecule has 2 N–H and O–H groups in total. The Hall–Kier alpha value is -4.23. The summed E-state index contributed by atoms with van der Waals surface area (Å²) in [6, 6.07) is 29.5. The topological polar surface area (TPSA) is 87.5 Å². The van der Waals surface area contributed by atoms with E-state index in [1.165, 1.54) is 0 Å². The number of nitrogens with one attached hydrogen (secondary N) is 1. The molecule has 38 heavy (non-hydrogen) atoms. The Bertz CT molecular complexity index is 1350. The molecule has 0 aliphatic carbocycles. The zero-order chi connectivity index (χ0) is 26.5. The number of benzene rings is 3. The molecule has 0 saturated carbocycles. The molecule has 0 saturated heterocycles. The zero-order valence-electron chi connectivity index (χ0n) is 21.5. The second kappa shape index (κ2) is 11.0. The molecule has 2 heterocycles. The Labute approximate surface area is 222 Å². The lowest BCUT2D eigenvalue weighted by atomic mass is 9.81. The van der Waals surface area contributed by atoms with Crippen LogP contribution in [-0.4, -0.2) is 44.2 Å². The van der Waals surface area contributed by atoms with Gasteiger partial charge in [-0.3, -0.25) is 14.3 Å². The first-order valence-electron chi connectivity index (χ1n) is 13.0. The minimum absolute atomic E-state index is 0.0567. The molecule has 0 spiro atoms. The summed E-state index contributed by atoms with van der Waals surface area (Å²) in [5.41, 5.74) is 2.01. The fourth-order valence-corrected chi connectivity index (χ4v) is 5.09. The predicted octanol–water partition coefficient (Wildman–Crippen LogP) is 3.91. The third-order valence-corrected chi connectivity index (χ3v) is 7.20. The number of aliphatic hydroxyl groups is 1. The lowest BCUT2D eigenvalue weighted by Gasteiger charge is -2.35. The zero-order valence-corrected chi connectivity index (χ0v) is 21.5. The fourth-order valence-electron chi connectivity index (χ4n) is 5.09. The van der Waals surface area contributed by atoms with Gasteiger partial charge in [0.1, 0.15) is 5.60 Å². The highest BCUT2D eigenvalue weighted by atomic mass is 16.3. The van der Waals surface area contributed by atoms with E-state index in [0.29, 0.717) is 37.2 Å². The lowest BCUT2D eigenvalue weighted by molar-refractivity contribution is -0.131. The molecule has 0 bridgehead atoms. The fraction of sp³-hybridized carbons (Fsp3) is 0.258. The summed E-state index contributed by atoms with van der Waals surface area (Å²) < 4.78 is 1.82. The molecule has 4 aromatic rings. The molecule has 0 fully saturated rings. The molecule has 7 nitrogen and oxygen atoms in total. The second-order valence-corrected chi connectivity index (χ2v) is 9.77. The van der Waals surface area contributed by atoms with Crippen molar-refractivity contribution in [1.29, 1.82) is 0 Å². The third-order valence-electron chi connectivity index (χ3n) is 7.20. The van der Waals surface area contributed by atoms with Gasteiger partial charge < -0.3 is 15.3 Å². The van der Waals surface area contributed by atoms with Gasteiger partial charge in [0.05, 0.1) is 24.7 Å². The Balaban J connectivity index is 1.33. The summed E-state index contributed by atoms with van der Waals surface area (Å²) in [6.07, 6.45) is 1.10. The summed E-state index contributed by atoms with van der Waals surface area (Å²) >= 11 is 0. The highest BCUT2D eigenvalue weighted by molar-refractivity contribution is 5.92. The minimum Gasteiger partial charge on any atom is -0.378 e. The number of carbonyl (C=O) groups excluding carboxylic acids is 2.